The molecule has 11 heavy (non-hydrogen) atoms. The second-order valence-corrected chi connectivity index (χ2v) is 2.81. The first kappa shape index (κ1) is 6.61. The van der Waals surface area contributed by atoms with Crippen molar-refractivity contribution in [2.45, 2.75) is 5.92 Å². The zero-order chi connectivity index (χ0) is 7.68. The molecule has 2 N–H and O–H groups in total. The van der Waals surface area contributed by atoms with Gasteiger partial charge in [0, 0.05) is 30.8 Å². The molecule has 0 unspecified atom stereocenters. The molecule has 2 heterocycles. The van der Waals surface area contributed by atoms with Crippen LogP contribution in [0.2, 0.25) is 0 Å². The highest BCUT2D eigenvalue weighted by molar-refractivity contribution is 5.18. The Morgan fingerprint density at radius 1 is 1.45 bits per heavy atom. The maximum absolute atomic E-state index is 11.2. The molecular formula is C8H10N2O. The summed E-state index contributed by atoms with van der Waals surface area (Å²) in [6.45, 7) is 1.88. The van der Waals surface area contributed by atoms with Crippen LogP contribution in [0, 0.1) is 0 Å². The van der Waals surface area contributed by atoms with Crippen molar-refractivity contribution in [3.05, 3.63) is 34.2 Å². The van der Waals surface area contributed by atoms with Crippen LogP contribution in [0.25, 0.3) is 0 Å². The summed E-state index contributed by atoms with van der Waals surface area (Å²) in [5.41, 5.74) is 0.963. The van der Waals surface area contributed by atoms with Gasteiger partial charge in [-0.1, -0.05) is 6.07 Å². The molecule has 3 nitrogen and oxygen atoms in total. The Hall–Kier alpha value is -1.09. The smallest absolute Gasteiger partial charge is 0.251 e. The Balaban J connectivity index is 2.36. The van der Waals surface area contributed by atoms with Crippen molar-refractivity contribution in [3.8, 4) is 0 Å². The predicted octanol–water partition coefficient (Wildman–Crippen LogP) is 0.0617. The van der Waals surface area contributed by atoms with Gasteiger partial charge in [-0.3, -0.25) is 4.79 Å². The molecule has 0 spiro atoms. The lowest BCUT2D eigenvalue weighted by molar-refractivity contribution is 0.445. The van der Waals surface area contributed by atoms with Crippen LogP contribution < -0.4 is 10.9 Å². The van der Waals surface area contributed by atoms with Gasteiger partial charge in [0.05, 0.1) is 0 Å². The maximum atomic E-state index is 11.2. The molecule has 58 valence electrons. The number of nitrogens with one attached hydrogen (secondary N) is 2. The quantitative estimate of drug-likeness (QED) is 0.594. The molecule has 2 rings (SSSR count). The summed E-state index contributed by atoms with van der Waals surface area (Å²) in [4.78, 5) is 13.8. The van der Waals surface area contributed by atoms with E-state index in [4.69, 9.17) is 0 Å². The Morgan fingerprint density at radius 3 is 2.82 bits per heavy atom. The number of pyridine rings is 1. The minimum Gasteiger partial charge on any atom is -0.329 e. The van der Waals surface area contributed by atoms with E-state index in [2.05, 4.69) is 10.3 Å². The van der Waals surface area contributed by atoms with Gasteiger partial charge < -0.3 is 10.3 Å². The molecule has 1 fully saturated rings. The summed E-state index contributed by atoms with van der Waals surface area (Å²) in [5.74, 6) is 0.431. The van der Waals surface area contributed by atoms with Gasteiger partial charge in [0.15, 0.2) is 0 Å². The number of H-pyrrole nitrogens is 1. The van der Waals surface area contributed by atoms with Crippen LogP contribution in [-0.2, 0) is 0 Å². The summed E-state index contributed by atoms with van der Waals surface area (Å²) < 4.78 is 0. The lowest BCUT2D eigenvalue weighted by Gasteiger charge is -2.26. The van der Waals surface area contributed by atoms with E-state index in [0.29, 0.717) is 5.92 Å². The lowest BCUT2D eigenvalue weighted by Crippen LogP contribution is -2.42. The third-order valence-electron chi connectivity index (χ3n) is 2.07. The van der Waals surface area contributed by atoms with E-state index >= 15 is 0 Å². The zero-order valence-electron chi connectivity index (χ0n) is 6.13. The van der Waals surface area contributed by atoms with Crippen LogP contribution in [0.4, 0.5) is 0 Å². The predicted molar refractivity (Wildman–Crippen MR) is 42.7 cm³/mol. The van der Waals surface area contributed by atoms with E-state index in [1.54, 1.807) is 6.20 Å². The first-order valence-corrected chi connectivity index (χ1v) is 3.76. The van der Waals surface area contributed by atoms with Gasteiger partial charge in [-0.25, -0.2) is 0 Å². The van der Waals surface area contributed by atoms with Gasteiger partial charge in [0.1, 0.15) is 0 Å². The van der Waals surface area contributed by atoms with E-state index in [9.17, 15) is 4.79 Å². The van der Waals surface area contributed by atoms with Crippen LogP contribution >= 0.6 is 0 Å². The number of hydrogen-bond donors (Lipinski definition) is 2. The van der Waals surface area contributed by atoms with Crippen molar-refractivity contribution in [2.24, 2.45) is 0 Å². The fourth-order valence-electron chi connectivity index (χ4n) is 1.26. The van der Waals surface area contributed by atoms with Crippen molar-refractivity contribution in [1.29, 1.82) is 0 Å². The van der Waals surface area contributed by atoms with Gasteiger partial charge in [0.2, 0.25) is 0 Å². The van der Waals surface area contributed by atoms with Crippen LogP contribution in [-0.4, -0.2) is 18.1 Å². The average molecular weight is 150 g/mol. The Bertz CT molecular complexity index is 301. The lowest BCUT2D eigenvalue weighted by atomic mass is 9.95. The summed E-state index contributed by atoms with van der Waals surface area (Å²) in [5, 5.41) is 3.13. The van der Waals surface area contributed by atoms with Gasteiger partial charge >= 0.3 is 0 Å². The molecule has 0 aliphatic carbocycles. The molecule has 0 atom stereocenters. The van der Waals surface area contributed by atoms with E-state index in [1.807, 2.05) is 12.1 Å². The minimum atomic E-state index is 0.0546. The third kappa shape index (κ3) is 1.07. The molecule has 0 radical (unpaired) electrons. The molecule has 0 bridgehead atoms. The van der Waals surface area contributed by atoms with Crippen molar-refractivity contribution < 1.29 is 0 Å². The van der Waals surface area contributed by atoms with Crippen molar-refractivity contribution in [3.63, 3.8) is 0 Å². The Morgan fingerprint density at radius 2 is 2.27 bits per heavy atom. The standard InChI is InChI=1S/C8H10N2O/c11-8-7(2-1-3-10-8)6-4-9-5-6/h1-3,6,9H,4-5H2,(H,10,11). The largest absolute Gasteiger partial charge is 0.329 e. The van der Waals surface area contributed by atoms with Crippen LogP contribution in [0.3, 0.4) is 0 Å². The summed E-state index contributed by atoms with van der Waals surface area (Å²) in [6.07, 6.45) is 1.66. The van der Waals surface area contributed by atoms with Gasteiger partial charge in [-0.15, -0.1) is 0 Å². The van der Waals surface area contributed by atoms with Crippen molar-refractivity contribution >= 4 is 0 Å². The summed E-state index contributed by atoms with van der Waals surface area (Å²) in [6, 6.07) is 3.76. The maximum Gasteiger partial charge on any atom is 0.251 e. The second-order valence-electron chi connectivity index (χ2n) is 2.81. The number of aromatic nitrogens is 1. The molecule has 1 aromatic rings. The highest BCUT2D eigenvalue weighted by Gasteiger charge is 2.20. The van der Waals surface area contributed by atoms with Crippen LogP contribution in [0.1, 0.15) is 11.5 Å². The summed E-state index contributed by atoms with van der Waals surface area (Å²) in [7, 11) is 0. The molecule has 0 saturated carbocycles. The molecule has 1 saturated heterocycles. The molecule has 1 aliphatic heterocycles. The van der Waals surface area contributed by atoms with E-state index in [-0.39, 0.29) is 5.56 Å². The fourth-order valence-corrected chi connectivity index (χ4v) is 1.26. The Kier molecular flexibility index (Phi) is 1.51. The van der Waals surface area contributed by atoms with Gasteiger partial charge in [-0.05, 0) is 6.07 Å². The number of rotatable bonds is 1. The topological polar surface area (TPSA) is 44.9 Å². The number of aromatic amines is 1. The molecule has 1 aliphatic rings. The van der Waals surface area contributed by atoms with Gasteiger partial charge in [0.25, 0.3) is 5.56 Å². The SMILES string of the molecule is O=c1[nH]cccc1C1CNC1. The fraction of sp³-hybridized carbons (Fsp3) is 0.375. The van der Waals surface area contributed by atoms with E-state index < -0.39 is 0 Å². The number of hydrogen-bond acceptors (Lipinski definition) is 2. The first-order valence-electron chi connectivity index (χ1n) is 3.76. The minimum absolute atomic E-state index is 0.0546. The van der Waals surface area contributed by atoms with Crippen LogP contribution in [0.15, 0.2) is 23.1 Å². The van der Waals surface area contributed by atoms with E-state index in [1.165, 1.54) is 0 Å². The normalized spacial score (nSPS) is 17.8. The van der Waals surface area contributed by atoms with Crippen molar-refractivity contribution in [2.75, 3.05) is 13.1 Å². The molecule has 1 aromatic heterocycles. The summed E-state index contributed by atoms with van der Waals surface area (Å²) >= 11 is 0. The Labute approximate surface area is 64.5 Å². The third-order valence-corrected chi connectivity index (χ3v) is 2.07. The molecule has 3 heteroatoms. The zero-order valence-corrected chi connectivity index (χ0v) is 6.13. The second kappa shape index (κ2) is 2.51. The van der Waals surface area contributed by atoms with Crippen LogP contribution in [0.5, 0.6) is 0 Å². The highest BCUT2D eigenvalue weighted by Crippen LogP contribution is 2.14. The van der Waals surface area contributed by atoms with Gasteiger partial charge in [-0.2, -0.15) is 0 Å². The average Bonchev–Trinajstić information content (AvgIpc) is 1.90. The first-order chi connectivity index (χ1) is 5.38. The molecule has 0 aromatic carbocycles. The highest BCUT2D eigenvalue weighted by atomic mass is 16.1. The monoisotopic (exact) mass is 150 g/mol. The molecule has 0 amide bonds. The van der Waals surface area contributed by atoms with E-state index in [0.717, 1.165) is 18.7 Å². The van der Waals surface area contributed by atoms with Crippen molar-refractivity contribution in [1.82, 2.24) is 10.3 Å². The molecular weight excluding hydrogens is 140 g/mol.